The van der Waals surface area contributed by atoms with Crippen LogP contribution in [0.2, 0.25) is 0 Å². The number of fused-ring (bicyclic) bond motifs is 1. The van der Waals surface area contributed by atoms with Gasteiger partial charge < -0.3 is 24.2 Å². The number of rotatable bonds is 7. The summed E-state index contributed by atoms with van der Waals surface area (Å²) in [5.41, 5.74) is 0.903. The molecular formula is C22H33N5O2. The topological polar surface area (TPSA) is 54.0 Å². The second kappa shape index (κ2) is 9.59. The summed E-state index contributed by atoms with van der Waals surface area (Å²) in [6.07, 6.45) is 6.71. The molecule has 3 heterocycles. The van der Waals surface area contributed by atoms with E-state index in [9.17, 15) is 0 Å². The molecule has 1 aromatic carbocycles. The van der Waals surface area contributed by atoms with E-state index in [1.54, 1.807) is 13.4 Å². The second-order valence-electron chi connectivity index (χ2n) is 8.11. The molecular weight excluding hydrogens is 366 g/mol. The fourth-order valence-electron chi connectivity index (χ4n) is 4.25. The van der Waals surface area contributed by atoms with E-state index in [1.165, 1.54) is 32.4 Å². The van der Waals surface area contributed by atoms with E-state index in [0.717, 1.165) is 67.4 Å². The molecule has 2 aromatic rings. The lowest BCUT2D eigenvalue weighted by atomic mass is 10.1. The number of ether oxygens (including phenoxy) is 2. The average molecular weight is 400 g/mol. The van der Waals surface area contributed by atoms with Crippen LogP contribution in [0.1, 0.15) is 25.7 Å². The van der Waals surface area contributed by atoms with Crippen molar-refractivity contribution < 1.29 is 9.47 Å². The minimum atomic E-state index is 0.689. The van der Waals surface area contributed by atoms with Gasteiger partial charge in [0.05, 0.1) is 19.2 Å². The van der Waals surface area contributed by atoms with Crippen LogP contribution in [0.4, 0.5) is 5.82 Å². The van der Waals surface area contributed by atoms with E-state index >= 15 is 0 Å². The third-order valence-corrected chi connectivity index (χ3v) is 6.03. The summed E-state index contributed by atoms with van der Waals surface area (Å²) >= 11 is 0. The maximum atomic E-state index is 6.09. The maximum absolute atomic E-state index is 6.09. The van der Waals surface area contributed by atoms with Crippen LogP contribution < -0.4 is 14.4 Å². The van der Waals surface area contributed by atoms with Gasteiger partial charge in [-0.2, -0.15) is 0 Å². The van der Waals surface area contributed by atoms with Gasteiger partial charge in [0.2, 0.25) is 0 Å². The Morgan fingerprint density at radius 2 is 1.72 bits per heavy atom. The Hall–Kier alpha value is -2.12. The van der Waals surface area contributed by atoms with Crippen molar-refractivity contribution in [2.45, 2.75) is 25.7 Å². The Labute approximate surface area is 173 Å². The van der Waals surface area contributed by atoms with Gasteiger partial charge >= 0.3 is 0 Å². The number of benzene rings is 1. The average Bonchev–Trinajstić information content (AvgIpc) is 2.77. The molecule has 0 spiro atoms. The first-order chi connectivity index (χ1) is 14.2. The molecule has 7 heteroatoms. The van der Waals surface area contributed by atoms with Crippen molar-refractivity contribution >= 4 is 16.7 Å². The van der Waals surface area contributed by atoms with Crippen LogP contribution in [-0.2, 0) is 0 Å². The number of hydrogen-bond acceptors (Lipinski definition) is 7. The summed E-state index contributed by atoms with van der Waals surface area (Å²) < 4.78 is 11.7. The van der Waals surface area contributed by atoms with Crippen LogP contribution in [0.5, 0.6) is 11.5 Å². The summed E-state index contributed by atoms with van der Waals surface area (Å²) in [7, 11) is 3.86. The number of nitrogens with zero attached hydrogens (tertiary/aromatic N) is 5. The molecule has 2 fully saturated rings. The number of hydrogen-bond donors (Lipinski definition) is 0. The van der Waals surface area contributed by atoms with Crippen molar-refractivity contribution in [2.24, 2.45) is 0 Å². The normalized spacial score (nSPS) is 18.9. The molecule has 158 valence electrons. The van der Waals surface area contributed by atoms with Crippen LogP contribution in [0.25, 0.3) is 10.9 Å². The highest BCUT2D eigenvalue weighted by atomic mass is 16.5. The largest absolute Gasteiger partial charge is 0.493 e. The first kappa shape index (κ1) is 20.2. The Morgan fingerprint density at radius 3 is 2.48 bits per heavy atom. The fourth-order valence-corrected chi connectivity index (χ4v) is 4.25. The second-order valence-corrected chi connectivity index (χ2v) is 8.11. The predicted octanol–water partition coefficient (Wildman–Crippen LogP) is 2.65. The molecule has 0 amide bonds. The van der Waals surface area contributed by atoms with Crippen molar-refractivity contribution in [1.29, 1.82) is 0 Å². The number of aromatic nitrogens is 2. The van der Waals surface area contributed by atoms with Gasteiger partial charge in [-0.3, -0.25) is 0 Å². The summed E-state index contributed by atoms with van der Waals surface area (Å²) in [4.78, 5) is 16.3. The van der Waals surface area contributed by atoms with Crippen molar-refractivity contribution in [1.82, 2.24) is 19.8 Å². The van der Waals surface area contributed by atoms with Crippen molar-refractivity contribution in [2.75, 3.05) is 71.5 Å². The number of piperidine rings is 1. The molecule has 2 aliphatic rings. The maximum Gasteiger partial charge on any atom is 0.163 e. The number of piperazine rings is 1. The quantitative estimate of drug-likeness (QED) is 0.664. The Morgan fingerprint density at radius 1 is 0.931 bits per heavy atom. The van der Waals surface area contributed by atoms with E-state index in [1.807, 2.05) is 12.1 Å². The first-order valence-corrected chi connectivity index (χ1v) is 10.9. The van der Waals surface area contributed by atoms with Crippen LogP contribution in [0, 0.1) is 0 Å². The van der Waals surface area contributed by atoms with Crippen molar-refractivity contribution in [3.8, 4) is 11.5 Å². The number of likely N-dealkylation sites (N-methyl/N-ethyl adjacent to an activating group) is 1. The molecule has 0 saturated carbocycles. The molecule has 0 bridgehead atoms. The molecule has 2 saturated heterocycles. The van der Waals surface area contributed by atoms with Gasteiger partial charge in [0.25, 0.3) is 0 Å². The highest BCUT2D eigenvalue weighted by Crippen LogP contribution is 2.35. The molecule has 0 aliphatic carbocycles. The van der Waals surface area contributed by atoms with Gasteiger partial charge in [-0.25, -0.2) is 9.97 Å². The Balaban J connectivity index is 1.45. The van der Waals surface area contributed by atoms with E-state index in [0.29, 0.717) is 6.61 Å². The van der Waals surface area contributed by atoms with Gasteiger partial charge in [0.15, 0.2) is 11.5 Å². The highest BCUT2D eigenvalue weighted by molar-refractivity contribution is 5.92. The molecule has 0 radical (unpaired) electrons. The molecule has 29 heavy (non-hydrogen) atoms. The molecule has 0 N–H and O–H groups in total. The lowest BCUT2D eigenvalue weighted by Gasteiger charge is -2.33. The zero-order valence-electron chi connectivity index (χ0n) is 17.8. The molecule has 0 unspecified atom stereocenters. The third-order valence-electron chi connectivity index (χ3n) is 6.03. The zero-order valence-corrected chi connectivity index (χ0v) is 17.8. The van der Waals surface area contributed by atoms with Crippen LogP contribution >= 0.6 is 0 Å². The Bertz CT molecular complexity index is 801. The van der Waals surface area contributed by atoms with Gasteiger partial charge in [0, 0.05) is 44.2 Å². The smallest absolute Gasteiger partial charge is 0.163 e. The summed E-state index contributed by atoms with van der Waals surface area (Å²) in [6.45, 7) is 8.28. The van der Waals surface area contributed by atoms with Crippen molar-refractivity contribution in [3.63, 3.8) is 0 Å². The van der Waals surface area contributed by atoms with E-state index < -0.39 is 0 Å². The fraction of sp³-hybridized carbons (Fsp3) is 0.636. The van der Waals surface area contributed by atoms with Crippen LogP contribution in [0.15, 0.2) is 18.5 Å². The Kier molecular flexibility index (Phi) is 6.67. The van der Waals surface area contributed by atoms with Crippen LogP contribution in [0.3, 0.4) is 0 Å². The van der Waals surface area contributed by atoms with Crippen LogP contribution in [-0.4, -0.2) is 86.3 Å². The van der Waals surface area contributed by atoms with Crippen molar-refractivity contribution in [3.05, 3.63) is 18.5 Å². The predicted molar refractivity (Wildman–Crippen MR) is 116 cm³/mol. The molecule has 0 atom stereocenters. The van der Waals surface area contributed by atoms with E-state index in [-0.39, 0.29) is 0 Å². The van der Waals surface area contributed by atoms with Gasteiger partial charge in [-0.1, -0.05) is 6.42 Å². The SMILES string of the molecule is COc1cc2c(N3CCN(C)CC3)ncnc2cc1OCCCN1CCCCC1. The van der Waals surface area contributed by atoms with Gasteiger partial charge in [-0.15, -0.1) is 0 Å². The van der Waals surface area contributed by atoms with Gasteiger partial charge in [-0.05, 0) is 45.5 Å². The van der Waals surface area contributed by atoms with E-state index in [4.69, 9.17) is 9.47 Å². The summed E-state index contributed by atoms with van der Waals surface area (Å²) in [6, 6.07) is 4.03. The monoisotopic (exact) mass is 399 g/mol. The zero-order chi connectivity index (χ0) is 20.1. The molecule has 2 aliphatic heterocycles. The number of anilines is 1. The molecule has 1 aromatic heterocycles. The summed E-state index contributed by atoms with van der Waals surface area (Å²) in [5.74, 6) is 2.50. The highest BCUT2D eigenvalue weighted by Gasteiger charge is 2.19. The lowest BCUT2D eigenvalue weighted by Crippen LogP contribution is -2.44. The minimum absolute atomic E-state index is 0.689. The first-order valence-electron chi connectivity index (χ1n) is 10.9. The summed E-state index contributed by atoms with van der Waals surface area (Å²) in [5, 5.41) is 1.02. The standard InChI is InChI=1S/C22H33N5O2/c1-25-10-12-27(13-11-25)22-18-15-20(28-2)21(16-19(18)23-17-24-22)29-14-6-9-26-7-4-3-5-8-26/h15-17H,3-14H2,1-2H3. The third kappa shape index (κ3) is 4.90. The van der Waals surface area contributed by atoms with Gasteiger partial charge in [0.1, 0.15) is 12.1 Å². The number of likely N-dealkylation sites (tertiary alicyclic amines) is 1. The minimum Gasteiger partial charge on any atom is -0.493 e. The molecule has 7 nitrogen and oxygen atoms in total. The van der Waals surface area contributed by atoms with E-state index in [2.05, 4.69) is 31.7 Å². The number of methoxy groups -OCH3 is 1. The molecule has 4 rings (SSSR count). The lowest BCUT2D eigenvalue weighted by molar-refractivity contribution is 0.203.